The molecule has 0 N–H and O–H groups in total. The van der Waals surface area contributed by atoms with Gasteiger partial charge in [-0.3, -0.25) is 4.57 Å². The van der Waals surface area contributed by atoms with E-state index in [-0.39, 0.29) is 37.7 Å². The number of hydrogen-bond acceptors (Lipinski definition) is 3. The van der Waals surface area contributed by atoms with Gasteiger partial charge in [-0.25, -0.2) is 0 Å². The van der Waals surface area contributed by atoms with Crippen LogP contribution in [0, 0.1) is 11.8 Å². The first-order valence-corrected chi connectivity index (χ1v) is 8.82. The van der Waals surface area contributed by atoms with E-state index in [0.717, 1.165) is 5.75 Å². The Morgan fingerprint density at radius 2 is 1.79 bits per heavy atom. The topological polar surface area (TPSA) is 26.3 Å². The molecule has 0 fully saturated rings. The van der Waals surface area contributed by atoms with Gasteiger partial charge in [0.15, 0.2) is 0 Å². The van der Waals surface area contributed by atoms with Crippen LogP contribution in [0.4, 0.5) is 0 Å². The van der Waals surface area contributed by atoms with E-state index in [1.165, 1.54) is 11.4 Å². The number of hydrogen-bond donors (Lipinski definition) is 1. The molecule has 0 rings (SSSR count). The first-order valence-electron chi connectivity index (χ1n) is 4.45. The molecule has 0 aliphatic rings. The molecule has 0 bridgehead atoms. The Labute approximate surface area is 127 Å². The molecule has 0 aromatic rings. The van der Waals surface area contributed by atoms with Gasteiger partial charge in [0, 0.05) is 5.75 Å². The van der Waals surface area contributed by atoms with E-state index in [4.69, 9.17) is 4.52 Å². The molecular formula is C8H21CaO2PS2. The van der Waals surface area contributed by atoms with Crippen molar-refractivity contribution in [2.45, 2.75) is 27.7 Å². The predicted octanol–water partition coefficient (Wildman–Crippen LogP) is 3.17. The molecule has 84 valence electrons. The molecule has 0 aliphatic carbocycles. The molecular weight excluding hydrogens is 263 g/mol. The zero-order valence-electron chi connectivity index (χ0n) is 8.69. The fourth-order valence-electron chi connectivity index (χ4n) is 0.524. The minimum atomic E-state index is -2.69. The van der Waals surface area contributed by atoms with Crippen molar-refractivity contribution in [3.8, 4) is 0 Å². The summed E-state index contributed by atoms with van der Waals surface area (Å²) >= 11 is 5.36. The van der Waals surface area contributed by atoms with Gasteiger partial charge in [-0.1, -0.05) is 51.3 Å². The van der Waals surface area contributed by atoms with Crippen LogP contribution in [0.2, 0.25) is 0 Å². The van der Waals surface area contributed by atoms with Gasteiger partial charge in [0.1, 0.15) is 0 Å². The van der Waals surface area contributed by atoms with Crippen LogP contribution in [0.15, 0.2) is 0 Å². The summed E-state index contributed by atoms with van der Waals surface area (Å²) in [7, 11) is 0. The van der Waals surface area contributed by atoms with Crippen LogP contribution in [0.1, 0.15) is 27.7 Å². The van der Waals surface area contributed by atoms with E-state index in [1.807, 2.05) is 13.8 Å². The van der Waals surface area contributed by atoms with Crippen LogP contribution >= 0.6 is 29.4 Å². The van der Waals surface area contributed by atoms with Crippen LogP contribution in [0.3, 0.4) is 0 Å². The predicted molar refractivity (Wildman–Crippen MR) is 73.2 cm³/mol. The molecule has 1 unspecified atom stereocenters. The Morgan fingerprint density at radius 3 is 2.14 bits per heavy atom. The molecule has 0 spiro atoms. The summed E-state index contributed by atoms with van der Waals surface area (Å²) < 4.78 is 16.9. The van der Waals surface area contributed by atoms with Crippen molar-refractivity contribution >= 4 is 67.1 Å². The van der Waals surface area contributed by atoms with Gasteiger partial charge >= 0.3 is 43.5 Å². The van der Waals surface area contributed by atoms with Crippen LogP contribution in [-0.2, 0) is 9.09 Å². The van der Waals surface area contributed by atoms with Crippen LogP contribution in [0.25, 0.3) is 0 Å². The van der Waals surface area contributed by atoms with Gasteiger partial charge in [-0.2, -0.15) is 0 Å². The Morgan fingerprint density at radius 1 is 1.29 bits per heavy atom. The normalized spacial score (nSPS) is 15.4. The molecule has 0 radical (unpaired) electrons. The summed E-state index contributed by atoms with van der Waals surface area (Å²) in [5, 5.41) is 0. The Balaban J connectivity index is 0. The minimum absolute atomic E-state index is 0. The molecule has 0 amide bonds. The van der Waals surface area contributed by atoms with Crippen LogP contribution in [0.5, 0.6) is 0 Å². The third-order valence-corrected chi connectivity index (χ3v) is 5.89. The first-order chi connectivity index (χ1) is 5.83. The van der Waals surface area contributed by atoms with Crippen molar-refractivity contribution in [3.63, 3.8) is 0 Å². The van der Waals surface area contributed by atoms with Crippen LogP contribution in [-0.4, -0.2) is 50.1 Å². The molecule has 0 saturated carbocycles. The van der Waals surface area contributed by atoms with Crippen molar-refractivity contribution < 1.29 is 9.09 Å². The molecule has 0 heterocycles. The van der Waals surface area contributed by atoms with Gasteiger partial charge in [0.2, 0.25) is 0 Å². The molecule has 0 aromatic carbocycles. The quantitative estimate of drug-likeness (QED) is 0.461. The van der Waals surface area contributed by atoms with E-state index in [2.05, 4.69) is 26.1 Å². The molecule has 14 heavy (non-hydrogen) atoms. The van der Waals surface area contributed by atoms with Crippen molar-refractivity contribution in [1.82, 2.24) is 0 Å². The first kappa shape index (κ1) is 18.5. The molecule has 0 aliphatic heterocycles. The Bertz CT molecular complexity index is 172. The van der Waals surface area contributed by atoms with Crippen LogP contribution < -0.4 is 0 Å². The van der Waals surface area contributed by atoms with Crippen molar-refractivity contribution in [1.29, 1.82) is 0 Å². The van der Waals surface area contributed by atoms with Crippen molar-refractivity contribution in [2.75, 3.05) is 12.4 Å². The van der Waals surface area contributed by atoms with Crippen molar-refractivity contribution in [2.24, 2.45) is 11.8 Å². The van der Waals surface area contributed by atoms with Gasteiger partial charge < -0.3 is 4.52 Å². The molecule has 6 heteroatoms. The SMILES string of the molecule is CC(C)COP(=O)(S)SCC(C)C.[CaH2]. The Hall–Kier alpha value is 2.15. The van der Waals surface area contributed by atoms with Gasteiger partial charge in [-0.15, -0.1) is 0 Å². The summed E-state index contributed by atoms with van der Waals surface area (Å²) in [6.45, 7) is 8.75. The maximum atomic E-state index is 11.6. The van der Waals surface area contributed by atoms with E-state index in [1.54, 1.807) is 0 Å². The van der Waals surface area contributed by atoms with E-state index in [0.29, 0.717) is 18.4 Å². The summed E-state index contributed by atoms with van der Waals surface area (Å²) in [5.41, 5.74) is 0. The number of thiol groups is 1. The maximum absolute atomic E-state index is 11.6. The van der Waals surface area contributed by atoms with E-state index < -0.39 is 5.77 Å². The average Bonchev–Trinajstić information content (AvgIpc) is 1.98. The summed E-state index contributed by atoms with van der Waals surface area (Å²) in [4.78, 5) is 0. The molecule has 2 nitrogen and oxygen atoms in total. The van der Waals surface area contributed by atoms with E-state index in [9.17, 15) is 4.57 Å². The second-order valence-electron chi connectivity index (χ2n) is 3.85. The summed E-state index contributed by atoms with van der Waals surface area (Å²) in [5.74, 6) is -0.933. The number of rotatable bonds is 6. The van der Waals surface area contributed by atoms with E-state index >= 15 is 0 Å². The standard InChI is InChI=1S/C8H19O2PS2.Ca.2H/c1-7(2)5-10-11(9,12)13-6-8(3)4;;;/h7-8H,5-6H2,1-4H3,(H,9,12);;;. The van der Waals surface area contributed by atoms with Gasteiger partial charge in [-0.05, 0) is 11.8 Å². The zero-order chi connectivity index (χ0) is 10.5. The monoisotopic (exact) mass is 284 g/mol. The second-order valence-corrected chi connectivity index (χ2v) is 10.2. The van der Waals surface area contributed by atoms with Gasteiger partial charge in [0.25, 0.3) is 0 Å². The van der Waals surface area contributed by atoms with Crippen molar-refractivity contribution in [3.05, 3.63) is 0 Å². The van der Waals surface area contributed by atoms with Gasteiger partial charge in [0.05, 0.1) is 6.61 Å². The summed E-state index contributed by atoms with van der Waals surface area (Å²) in [6, 6.07) is 0. The summed E-state index contributed by atoms with van der Waals surface area (Å²) in [6.07, 6.45) is 0. The third-order valence-electron chi connectivity index (χ3n) is 1.14. The fourth-order valence-corrected chi connectivity index (χ4v) is 4.24. The zero-order valence-corrected chi connectivity index (χ0v) is 11.3. The molecule has 0 saturated heterocycles. The average molecular weight is 284 g/mol. The fraction of sp³-hybridized carbons (Fsp3) is 1.00. The second kappa shape index (κ2) is 9.21. The Kier molecular flexibility index (Phi) is 12.2. The molecule has 0 aromatic heterocycles. The third kappa shape index (κ3) is 12.2. The molecule has 1 atom stereocenters.